The summed E-state index contributed by atoms with van der Waals surface area (Å²) in [5, 5.41) is 0. The third kappa shape index (κ3) is 7.98. The third-order valence-electron chi connectivity index (χ3n) is 1.25. The molecule has 1 atom stereocenters. The lowest BCUT2D eigenvalue weighted by Crippen LogP contribution is -2.19. The van der Waals surface area contributed by atoms with Crippen LogP contribution in [0.4, 0.5) is 0 Å². The Morgan fingerprint density at radius 1 is 1.08 bits per heavy atom. The van der Waals surface area contributed by atoms with Crippen molar-refractivity contribution >= 4 is 0 Å². The van der Waals surface area contributed by atoms with Gasteiger partial charge in [0.2, 0.25) is 0 Å². The minimum atomic E-state index is -0.134. The fourth-order valence-electron chi connectivity index (χ4n) is 0.840. The van der Waals surface area contributed by atoms with Crippen LogP contribution in [0.3, 0.4) is 0 Å². The van der Waals surface area contributed by atoms with Crippen molar-refractivity contribution in [3.8, 4) is 0 Å². The average Bonchev–Trinajstić information content (AvgIpc) is 1.97. The van der Waals surface area contributed by atoms with Gasteiger partial charge >= 0.3 is 0 Å². The third-order valence-corrected chi connectivity index (χ3v) is 1.25. The molecule has 3 heteroatoms. The maximum absolute atomic E-state index is 5.35. The highest BCUT2D eigenvalue weighted by atomic mass is 16.7. The van der Waals surface area contributed by atoms with Crippen molar-refractivity contribution in [3.05, 3.63) is 0 Å². The minimum Gasteiger partial charge on any atom is -0.379 e. The molecule has 1 unspecified atom stereocenters. The summed E-state index contributed by atoms with van der Waals surface area (Å²) in [5.74, 6) is 0. The van der Waals surface area contributed by atoms with Gasteiger partial charge in [0.1, 0.15) is 0 Å². The van der Waals surface area contributed by atoms with Crippen LogP contribution < -0.4 is 0 Å². The molecule has 0 amide bonds. The first kappa shape index (κ1) is 11.9. The Morgan fingerprint density at radius 2 is 1.75 bits per heavy atom. The van der Waals surface area contributed by atoms with Crippen LogP contribution >= 0.6 is 0 Å². The van der Waals surface area contributed by atoms with Crippen molar-refractivity contribution in [1.29, 1.82) is 0 Å². The molecule has 0 rings (SSSR count). The second-order valence-electron chi connectivity index (χ2n) is 2.82. The zero-order chi connectivity index (χ0) is 9.40. The predicted octanol–water partition coefficient (Wildman–Crippen LogP) is 1.81. The monoisotopic (exact) mass is 176 g/mol. The van der Waals surface area contributed by atoms with E-state index in [1.165, 1.54) is 0 Å². The Morgan fingerprint density at radius 3 is 2.25 bits per heavy atom. The average molecular weight is 176 g/mol. The predicted molar refractivity (Wildman–Crippen MR) is 48.1 cm³/mol. The van der Waals surface area contributed by atoms with Crippen molar-refractivity contribution in [2.75, 3.05) is 19.8 Å². The molecule has 0 aromatic carbocycles. The molecule has 74 valence electrons. The van der Waals surface area contributed by atoms with E-state index in [4.69, 9.17) is 14.2 Å². The maximum atomic E-state index is 5.35. The van der Waals surface area contributed by atoms with Gasteiger partial charge in [-0.1, -0.05) is 0 Å². The van der Waals surface area contributed by atoms with Crippen LogP contribution in [0.1, 0.15) is 27.7 Å². The van der Waals surface area contributed by atoms with Gasteiger partial charge in [-0.05, 0) is 27.7 Å². The van der Waals surface area contributed by atoms with Crippen LogP contribution in [0.2, 0.25) is 0 Å². The van der Waals surface area contributed by atoms with E-state index in [2.05, 4.69) is 0 Å². The Bertz CT molecular complexity index is 93.8. The molecule has 0 aromatic rings. The van der Waals surface area contributed by atoms with Gasteiger partial charge in [0.25, 0.3) is 0 Å². The molecule has 0 aliphatic carbocycles. The molecule has 0 saturated carbocycles. The summed E-state index contributed by atoms with van der Waals surface area (Å²) in [6.45, 7) is 9.82. The van der Waals surface area contributed by atoms with E-state index >= 15 is 0 Å². The molecule has 0 aliphatic heterocycles. The summed E-state index contributed by atoms with van der Waals surface area (Å²) in [6, 6.07) is 0. The fraction of sp³-hybridized carbons (Fsp3) is 1.00. The molecule has 0 saturated heterocycles. The lowest BCUT2D eigenvalue weighted by Gasteiger charge is -2.16. The smallest absolute Gasteiger partial charge is 0.155 e. The van der Waals surface area contributed by atoms with Gasteiger partial charge in [-0.25, -0.2) is 0 Å². The standard InChI is InChI=1S/C9H20O3/c1-5-10-6-7-11-9(4)12-8(2)3/h8-9H,5-7H2,1-4H3. The lowest BCUT2D eigenvalue weighted by atomic mass is 10.5. The maximum Gasteiger partial charge on any atom is 0.155 e. The van der Waals surface area contributed by atoms with Crippen LogP contribution in [-0.4, -0.2) is 32.2 Å². The zero-order valence-electron chi connectivity index (χ0n) is 8.50. The normalized spacial score (nSPS) is 13.8. The van der Waals surface area contributed by atoms with Crippen molar-refractivity contribution in [3.63, 3.8) is 0 Å². The molecule has 0 fully saturated rings. The Kier molecular flexibility index (Phi) is 7.45. The number of rotatable bonds is 7. The topological polar surface area (TPSA) is 27.7 Å². The van der Waals surface area contributed by atoms with E-state index < -0.39 is 0 Å². The molecule has 3 nitrogen and oxygen atoms in total. The summed E-state index contributed by atoms with van der Waals surface area (Å²) in [5.41, 5.74) is 0. The van der Waals surface area contributed by atoms with E-state index in [1.807, 2.05) is 27.7 Å². The van der Waals surface area contributed by atoms with E-state index in [1.54, 1.807) is 0 Å². The van der Waals surface area contributed by atoms with Crippen molar-refractivity contribution in [2.24, 2.45) is 0 Å². The summed E-state index contributed by atoms with van der Waals surface area (Å²) in [7, 11) is 0. The van der Waals surface area contributed by atoms with Gasteiger partial charge in [0, 0.05) is 6.61 Å². The van der Waals surface area contributed by atoms with E-state index in [0.29, 0.717) is 13.2 Å². The zero-order valence-corrected chi connectivity index (χ0v) is 8.50. The van der Waals surface area contributed by atoms with Crippen LogP contribution in [0, 0.1) is 0 Å². The number of hydrogen-bond acceptors (Lipinski definition) is 3. The number of hydrogen-bond donors (Lipinski definition) is 0. The first-order valence-corrected chi connectivity index (χ1v) is 4.51. The van der Waals surface area contributed by atoms with Gasteiger partial charge in [-0.15, -0.1) is 0 Å². The van der Waals surface area contributed by atoms with Gasteiger partial charge in [-0.2, -0.15) is 0 Å². The van der Waals surface area contributed by atoms with E-state index in [-0.39, 0.29) is 12.4 Å². The summed E-state index contributed by atoms with van der Waals surface area (Å²) in [6.07, 6.45) is 0.0811. The van der Waals surface area contributed by atoms with Crippen molar-refractivity contribution < 1.29 is 14.2 Å². The van der Waals surface area contributed by atoms with Gasteiger partial charge in [0.15, 0.2) is 6.29 Å². The van der Waals surface area contributed by atoms with Crippen LogP contribution in [0.25, 0.3) is 0 Å². The second-order valence-corrected chi connectivity index (χ2v) is 2.82. The highest BCUT2D eigenvalue weighted by Crippen LogP contribution is 1.98. The van der Waals surface area contributed by atoms with Crippen molar-refractivity contribution in [2.45, 2.75) is 40.1 Å². The summed E-state index contributed by atoms with van der Waals surface area (Å²) < 4.78 is 15.8. The molecule has 12 heavy (non-hydrogen) atoms. The molecule has 0 bridgehead atoms. The largest absolute Gasteiger partial charge is 0.379 e. The molecule has 0 aromatic heterocycles. The van der Waals surface area contributed by atoms with Crippen molar-refractivity contribution in [1.82, 2.24) is 0 Å². The fourth-order valence-corrected chi connectivity index (χ4v) is 0.840. The van der Waals surface area contributed by atoms with E-state index in [0.717, 1.165) is 6.61 Å². The SMILES string of the molecule is CCOCCOC(C)OC(C)C. The molecule has 0 aliphatic rings. The molecule has 0 radical (unpaired) electrons. The summed E-state index contributed by atoms with van der Waals surface area (Å²) >= 11 is 0. The molecular weight excluding hydrogens is 156 g/mol. The summed E-state index contributed by atoms with van der Waals surface area (Å²) in [4.78, 5) is 0. The molecular formula is C9H20O3. The first-order chi connectivity index (χ1) is 5.66. The van der Waals surface area contributed by atoms with Gasteiger partial charge < -0.3 is 14.2 Å². The highest BCUT2D eigenvalue weighted by molar-refractivity contribution is 4.39. The second kappa shape index (κ2) is 7.53. The highest BCUT2D eigenvalue weighted by Gasteiger charge is 2.03. The van der Waals surface area contributed by atoms with Gasteiger partial charge in [-0.3, -0.25) is 0 Å². The van der Waals surface area contributed by atoms with Crippen LogP contribution in [-0.2, 0) is 14.2 Å². The Labute approximate surface area is 75.0 Å². The van der Waals surface area contributed by atoms with Crippen LogP contribution in [0.5, 0.6) is 0 Å². The lowest BCUT2D eigenvalue weighted by molar-refractivity contribution is -0.158. The Hall–Kier alpha value is -0.120. The van der Waals surface area contributed by atoms with Crippen LogP contribution in [0.15, 0.2) is 0 Å². The molecule has 0 spiro atoms. The number of ether oxygens (including phenoxy) is 3. The first-order valence-electron chi connectivity index (χ1n) is 4.51. The van der Waals surface area contributed by atoms with Gasteiger partial charge in [0.05, 0.1) is 19.3 Å². The molecule has 0 N–H and O–H groups in total. The molecule has 0 heterocycles. The minimum absolute atomic E-state index is 0.134. The Balaban J connectivity index is 3.14. The van der Waals surface area contributed by atoms with E-state index in [9.17, 15) is 0 Å². The quantitative estimate of drug-likeness (QED) is 0.437.